The lowest BCUT2D eigenvalue weighted by atomic mass is 9.98. The van der Waals surface area contributed by atoms with Crippen LogP contribution >= 0.6 is 0 Å². The van der Waals surface area contributed by atoms with Crippen molar-refractivity contribution in [3.8, 4) is 0 Å². The summed E-state index contributed by atoms with van der Waals surface area (Å²) < 4.78 is 0. The Bertz CT molecular complexity index is 530. The summed E-state index contributed by atoms with van der Waals surface area (Å²) in [5, 5.41) is 15.3. The van der Waals surface area contributed by atoms with Crippen LogP contribution < -0.4 is 11.1 Å². The lowest BCUT2D eigenvalue weighted by Gasteiger charge is -2.22. The Morgan fingerprint density at radius 3 is 1.95 bits per heavy atom. The van der Waals surface area contributed by atoms with E-state index in [1.54, 1.807) is 0 Å². The molecule has 110 valence electrons. The van der Waals surface area contributed by atoms with Crippen LogP contribution in [-0.2, 0) is 0 Å². The second kappa shape index (κ2) is 7.45. The quantitative estimate of drug-likeness (QED) is 0.330. The number of benzene rings is 2. The van der Waals surface area contributed by atoms with Crippen molar-refractivity contribution in [3.63, 3.8) is 0 Å². The maximum absolute atomic E-state index is 8.74. The SMILES string of the molecule is CC(CNC(c1ccccc1)c1ccccc1)C(N)=NO. The van der Waals surface area contributed by atoms with Crippen molar-refractivity contribution < 1.29 is 5.21 Å². The molecule has 0 heterocycles. The van der Waals surface area contributed by atoms with Gasteiger partial charge in [-0.15, -0.1) is 0 Å². The number of rotatable bonds is 6. The lowest BCUT2D eigenvalue weighted by molar-refractivity contribution is 0.314. The number of nitrogens with two attached hydrogens (primary N) is 1. The van der Waals surface area contributed by atoms with Gasteiger partial charge in [-0.25, -0.2) is 0 Å². The summed E-state index contributed by atoms with van der Waals surface area (Å²) in [5.41, 5.74) is 8.02. The molecule has 1 unspecified atom stereocenters. The van der Waals surface area contributed by atoms with Crippen molar-refractivity contribution in [2.75, 3.05) is 6.54 Å². The van der Waals surface area contributed by atoms with Crippen LogP contribution in [0.15, 0.2) is 65.8 Å². The molecule has 0 aliphatic carbocycles. The molecule has 0 aromatic heterocycles. The highest BCUT2D eigenvalue weighted by atomic mass is 16.4. The Balaban J connectivity index is 2.18. The Morgan fingerprint density at radius 2 is 1.52 bits per heavy atom. The third-order valence-electron chi connectivity index (χ3n) is 3.51. The van der Waals surface area contributed by atoms with Crippen LogP contribution in [0, 0.1) is 5.92 Å². The third-order valence-corrected chi connectivity index (χ3v) is 3.51. The second-order valence-electron chi connectivity index (χ2n) is 5.09. The lowest BCUT2D eigenvalue weighted by Crippen LogP contribution is -2.33. The molecule has 2 aromatic carbocycles. The molecule has 4 heteroatoms. The zero-order valence-corrected chi connectivity index (χ0v) is 12.1. The van der Waals surface area contributed by atoms with E-state index < -0.39 is 0 Å². The van der Waals surface area contributed by atoms with Gasteiger partial charge in [0.1, 0.15) is 5.84 Å². The van der Waals surface area contributed by atoms with Crippen molar-refractivity contribution >= 4 is 5.84 Å². The molecule has 1 atom stereocenters. The Labute approximate surface area is 125 Å². The smallest absolute Gasteiger partial charge is 0.143 e. The zero-order chi connectivity index (χ0) is 15.1. The molecule has 0 spiro atoms. The predicted molar refractivity (Wildman–Crippen MR) is 85.3 cm³/mol. The third kappa shape index (κ3) is 4.07. The molecule has 0 aliphatic rings. The minimum Gasteiger partial charge on any atom is -0.409 e. The summed E-state index contributed by atoms with van der Waals surface area (Å²) in [4.78, 5) is 0. The summed E-state index contributed by atoms with van der Waals surface area (Å²) in [7, 11) is 0. The summed E-state index contributed by atoms with van der Waals surface area (Å²) in [6.07, 6.45) is 0. The maximum Gasteiger partial charge on any atom is 0.143 e. The van der Waals surface area contributed by atoms with E-state index in [2.05, 4.69) is 34.7 Å². The molecule has 0 radical (unpaired) electrons. The number of oxime groups is 1. The summed E-state index contributed by atoms with van der Waals surface area (Å²) in [6, 6.07) is 20.6. The number of nitrogens with zero attached hydrogens (tertiary/aromatic N) is 1. The highest BCUT2D eigenvalue weighted by Crippen LogP contribution is 2.21. The normalized spacial score (nSPS) is 13.3. The molecule has 0 aliphatic heterocycles. The van der Waals surface area contributed by atoms with Gasteiger partial charge < -0.3 is 16.3 Å². The van der Waals surface area contributed by atoms with E-state index in [0.29, 0.717) is 6.54 Å². The van der Waals surface area contributed by atoms with Gasteiger partial charge in [-0.05, 0) is 11.1 Å². The molecule has 2 aromatic rings. The van der Waals surface area contributed by atoms with E-state index in [9.17, 15) is 0 Å². The van der Waals surface area contributed by atoms with Gasteiger partial charge >= 0.3 is 0 Å². The van der Waals surface area contributed by atoms with Gasteiger partial charge in [0.05, 0.1) is 6.04 Å². The molecule has 0 bridgehead atoms. The van der Waals surface area contributed by atoms with Crippen molar-refractivity contribution in [2.24, 2.45) is 16.8 Å². The molecular weight excluding hydrogens is 262 g/mol. The molecular formula is C17H21N3O. The van der Waals surface area contributed by atoms with Crippen LogP contribution in [0.5, 0.6) is 0 Å². The van der Waals surface area contributed by atoms with Gasteiger partial charge in [0.2, 0.25) is 0 Å². The van der Waals surface area contributed by atoms with Gasteiger partial charge in [0.25, 0.3) is 0 Å². The minimum absolute atomic E-state index is 0.0371. The first-order chi connectivity index (χ1) is 10.2. The highest BCUT2D eigenvalue weighted by molar-refractivity contribution is 5.82. The topological polar surface area (TPSA) is 70.6 Å². The summed E-state index contributed by atoms with van der Waals surface area (Å²) in [6.45, 7) is 2.56. The molecule has 4 N–H and O–H groups in total. The Morgan fingerprint density at radius 1 is 1.05 bits per heavy atom. The van der Waals surface area contributed by atoms with E-state index in [1.807, 2.05) is 43.3 Å². The first-order valence-electron chi connectivity index (χ1n) is 7.03. The average molecular weight is 283 g/mol. The van der Waals surface area contributed by atoms with Crippen molar-refractivity contribution in [1.29, 1.82) is 0 Å². The van der Waals surface area contributed by atoms with Gasteiger partial charge in [-0.1, -0.05) is 72.7 Å². The largest absolute Gasteiger partial charge is 0.409 e. The second-order valence-corrected chi connectivity index (χ2v) is 5.09. The Hall–Kier alpha value is -2.33. The molecule has 0 saturated carbocycles. The first kappa shape index (κ1) is 15.1. The van der Waals surface area contributed by atoms with E-state index in [1.165, 1.54) is 11.1 Å². The fourth-order valence-corrected chi connectivity index (χ4v) is 2.22. The average Bonchev–Trinajstić information content (AvgIpc) is 2.56. The van der Waals surface area contributed by atoms with Gasteiger partial charge in [0, 0.05) is 12.5 Å². The predicted octanol–water partition coefficient (Wildman–Crippen LogP) is 2.75. The van der Waals surface area contributed by atoms with Gasteiger partial charge in [0.15, 0.2) is 0 Å². The zero-order valence-electron chi connectivity index (χ0n) is 12.1. The fraction of sp³-hybridized carbons (Fsp3) is 0.235. The van der Waals surface area contributed by atoms with Crippen LogP contribution in [-0.4, -0.2) is 17.6 Å². The van der Waals surface area contributed by atoms with Crippen molar-refractivity contribution in [1.82, 2.24) is 5.32 Å². The number of nitrogens with one attached hydrogen (secondary N) is 1. The van der Waals surface area contributed by atoms with E-state index >= 15 is 0 Å². The Kier molecular flexibility index (Phi) is 5.35. The minimum atomic E-state index is -0.0371. The summed E-state index contributed by atoms with van der Waals surface area (Å²) in [5.74, 6) is 0.201. The maximum atomic E-state index is 8.74. The van der Waals surface area contributed by atoms with E-state index in [0.717, 1.165) is 0 Å². The van der Waals surface area contributed by atoms with Gasteiger partial charge in [-0.2, -0.15) is 0 Å². The van der Waals surface area contributed by atoms with E-state index in [4.69, 9.17) is 10.9 Å². The summed E-state index contributed by atoms with van der Waals surface area (Å²) >= 11 is 0. The molecule has 2 rings (SSSR count). The van der Waals surface area contributed by atoms with Crippen LogP contribution in [0.2, 0.25) is 0 Å². The van der Waals surface area contributed by atoms with Crippen molar-refractivity contribution in [3.05, 3.63) is 71.8 Å². The monoisotopic (exact) mass is 283 g/mol. The van der Waals surface area contributed by atoms with Crippen molar-refractivity contribution in [2.45, 2.75) is 13.0 Å². The fourth-order valence-electron chi connectivity index (χ4n) is 2.22. The van der Waals surface area contributed by atoms with Crippen LogP contribution in [0.1, 0.15) is 24.1 Å². The van der Waals surface area contributed by atoms with Gasteiger partial charge in [-0.3, -0.25) is 0 Å². The van der Waals surface area contributed by atoms with Crippen LogP contribution in [0.3, 0.4) is 0 Å². The number of hydrogen-bond acceptors (Lipinski definition) is 3. The van der Waals surface area contributed by atoms with E-state index in [-0.39, 0.29) is 17.8 Å². The highest BCUT2D eigenvalue weighted by Gasteiger charge is 2.15. The molecule has 0 fully saturated rings. The van der Waals surface area contributed by atoms with Crippen LogP contribution in [0.25, 0.3) is 0 Å². The molecule has 21 heavy (non-hydrogen) atoms. The standard InChI is InChI=1S/C17H21N3O/c1-13(17(18)20-21)12-19-16(14-8-4-2-5-9-14)15-10-6-3-7-11-15/h2-11,13,16,19,21H,12H2,1H3,(H2,18,20). The first-order valence-corrected chi connectivity index (χ1v) is 7.03. The molecule has 4 nitrogen and oxygen atoms in total. The molecule has 0 amide bonds. The number of amidine groups is 1. The number of hydrogen-bond donors (Lipinski definition) is 3. The molecule has 0 saturated heterocycles. The van der Waals surface area contributed by atoms with Crippen LogP contribution in [0.4, 0.5) is 0 Å².